The molecule has 0 bridgehead atoms. The predicted octanol–water partition coefficient (Wildman–Crippen LogP) is 2.57. The second-order valence-corrected chi connectivity index (χ2v) is 6.14. The van der Waals surface area contributed by atoms with E-state index in [-0.39, 0.29) is 12.0 Å². The summed E-state index contributed by atoms with van der Waals surface area (Å²) in [4.78, 5) is 14.3. The van der Waals surface area contributed by atoms with Crippen LogP contribution < -0.4 is 10.2 Å². The van der Waals surface area contributed by atoms with Crippen molar-refractivity contribution in [3.63, 3.8) is 0 Å². The summed E-state index contributed by atoms with van der Waals surface area (Å²) in [5, 5.41) is 21.9. The van der Waals surface area contributed by atoms with Crippen molar-refractivity contribution in [2.45, 2.75) is 38.2 Å². The van der Waals surface area contributed by atoms with Crippen LogP contribution in [0.25, 0.3) is 0 Å². The molecule has 1 aliphatic heterocycles. The van der Waals surface area contributed by atoms with E-state index in [0.29, 0.717) is 11.3 Å². The smallest absolute Gasteiger partial charge is 0.251 e. The highest BCUT2D eigenvalue weighted by Gasteiger charge is 2.20. The van der Waals surface area contributed by atoms with Gasteiger partial charge < -0.3 is 15.3 Å². The lowest BCUT2D eigenvalue weighted by Crippen LogP contribution is -2.36. The maximum atomic E-state index is 12.1. The molecule has 0 aromatic heterocycles. The molecule has 1 fully saturated rings. The minimum Gasteiger partial charge on any atom is -0.393 e. The first-order valence-corrected chi connectivity index (χ1v) is 8.15. The molecule has 3 rings (SSSR count). The average Bonchev–Trinajstić information content (AvgIpc) is 3.10. The number of allylic oxidation sites excluding steroid dienone is 1. The van der Waals surface area contributed by atoms with Crippen LogP contribution in [0.4, 0.5) is 11.4 Å². The Hall–Kier alpha value is -2.32. The Morgan fingerprint density at radius 1 is 1.35 bits per heavy atom. The van der Waals surface area contributed by atoms with Gasteiger partial charge in [0.05, 0.1) is 17.4 Å². The number of nitriles is 1. The van der Waals surface area contributed by atoms with E-state index in [2.05, 4.69) is 16.3 Å². The van der Waals surface area contributed by atoms with Crippen LogP contribution in [0.2, 0.25) is 0 Å². The summed E-state index contributed by atoms with van der Waals surface area (Å²) >= 11 is 0. The van der Waals surface area contributed by atoms with Crippen molar-refractivity contribution in [3.8, 4) is 6.07 Å². The number of rotatable bonds is 3. The zero-order chi connectivity index (χ0) is 16.2. The van der Waals surface area contributed by atoms with Crippen LogP contribution in [0, 0.1) is 11.3 Å². The number of hydrogen-bond acceptors (Lipinski definition) is 4. The summed E-state index contributed by atoms with van der Waals surface area (Å²) in [5.41, 5.74) is 2.91. The summed E-state index contributed by atoms with van der Waals surface area (Å²) in [6, 6.07) is 7.67. The normalized spacial score (nSPS) is 18.4. The third-order valence-corrected chi connectivity index (χ3v) is 4.51. The molecule has 5 heteroatoms. The van der Waals surface area contributed by atoms with Gasteiger partial charge in [0.25, 0.3) is 5.91 Å². The Morgan fingerprint density at radius 2 is 2.13 bits per heavy atom. The molecule has 0 saturated carbocycles. The number of amides is 1. The van der Waals surface area contributed by atoms with E-state index in [4.69, 9.17) is 0 Å². The van der Waals surface area contributed by atoms with Gasteiger partial charge in [-0.1, -0.05) is 6.08 Å². The lowest BCUT2D eigenvalue weighted by molar-refractivity contribution is -0.112. The Morgan fingerprint density at radius 3 is 2.78 bits per heavy atom. The number of nitrogens with zero attached hydrogens (tertiary/aromatic N) is 2. The molecule has 2 aliphatic rings. The van der Waals surface area contributed by atoms with Gasteiger partial charge in [-0.15, -0.1) is 0 Å². The summed E-state index contributed by atoms with van der Waals surface area (Å²) in [6.07, 6.45) is 6.00. The van der Waals surface area contributed by atoms with E-state index < -0.39 is 0 Å². The molecule has 120 valence electrons. The minimum atomic E-state index is -0.241. The first kappa shape index (κ1) is 15.6. The first-order valence-electron chi connectivity index (χ1n) is 8.15. The lowest BCUT2D eigenvalue weighted by Gasteiger charge is -2.32. The Balaban J connectivity index is 1.74. The van der Waals surface area contributed by atoms with Gasteiger partial charge in [0.2, 0.25) is 0 Å². The van der Waals surface area contributed by atoms with E-state index in [1.54, 1.807) is 6.07 Å². The van der Waals surface area contributed by atoms with Gasteiger partial charge >= 0.3 is 0 Å². The van der Waals surface area contributed by atoms with Crippen LogP contribution in [0.1, 0.15) is 37.7 Å². The quantitative estimate of drug-likeness (QED) is 0.899. The van der Waals surface area contributed by atoms with Crippen molar-refractivity contribution in [1.29, 1.82) is 5.26 Å². The molecule has 23 heavy (non-hydrogen) atoms. The van der Waals surface area contributed by atoms with E-state index in [1.807, 2.05) is 18.2 Å². The Bertz CT molecular complexity index is 667. The first-order chi connectivity index (χ1) is 11.2. The zero-order valence-corrected chi connectivity index (χ0v) is 13.1. The highest BCUT2D eigenvalue weighted by atomic mass is 16.3. The number of carbonyl (C=O) groups is 1. The van der Waals surface area contributed by atoms with Crippen LogP contribution in [0.15, 0.2) is 29.8 Å². The summed E-state index contributed by atoms with van der Waals surface area (Å²) in [7, 11) is 0. The number of aliphatic hydroxyl groups excluding tert-OH is 1. The van der Waals surface area contributed by atoms with Crippen molar-refractivity contribution in [2.75, 3.05) is 23.3 Å². The largest absolute Gasteiger partial charge is 0.393 e. The lowest BCUT2D eigenvalue weighted by atomic mass is 10.0. The Labute approximate surface area is 136 Å². The summed E-state index contributed by atoms with van der Waals surface area (Å²) in [6.45, 7) is 1.49. The molecule has 1 heterocycles. The van der Waals surface area contributed by atoms with Crippen LogP contribution in [-0.2, 0) is 4.79 Å². The number of anilines is 2. The van der Waals surface area contributed by atoms with Crippen molar-refractivity contribution in [2.24, 2.45) is 0 Å². The molecular formula is C18H21N3O2. The molecule has 2 N–H and O–H groups in total. The SMILES string of the molecule is N#Cc1cc(NC(=O)C2=CCCC2)ccc1N1CCC(O)CC1. The summed E-state index contributed by atoms with van der Waals surface area (Å²) < 4.78 is 0. The fraction of sp³-hybridized carbons (Fsp3) is 0.444. The highest BCUT2D eigenvalue weighted by molar-refractivity contribution is 6.04. The highest BCUT2D eigenvalue weighted by Crippen LogP contribution is 2.27. The molecule has 1 aromatic carbocycles. The maximum absolute atomic E-state index is 12.1. The molecule has 0 radical (unpaired) electrons. The predicted molar refractivity (Wildman–Crippen MR) is 89.2 cm³/mol. The van der Waals surface area contributed by atoms with Gasteiger partial charge in [-0.3, -0.25) is 4.79 Å². The van der Waals surface area contributed by atoms with Crippen molar-refractivity contribution in [3.05, 3.63) is 35.4 Å². The molecule has 5 nitrogen and oxygen atoms in total. The number of nitrogens with one attached hydrogen (secondary N) is 1. The third kappa shape index (κ3) is 3.54. The van der Waals surface area contributed by atoms with Crippen molar-refractivity contribution >= 4 is 17.3 Å². The molecule has 0 unspecified atom stereocenters. The van der Waals surface area contributed by atoms with Gasteiger partial charge in [-0.05, 0) is 50.3 Å². The van der Waals surface area contributed by atoms with E-state index in [0.717, 1.165) is 56.5 Å². The maximum Gasteiger partial charge on any atom is 0.251 e. The van der Waals surface area contributed by atoms with Crippen LogP contribution in [-0.4, -0.2) is 30.2 Å². The standard InChI is InChI=1S/C18H21N3O2/c19-12-14-11-15(20-18(23)13-3-1-2-4-13)5-6-17(14)21-9-7-16(22)8-10-21/h3,5-6,11,16,22H,1-2,4,7-10H2,(H,20,23). The minimum absolute atomic E-state index is 0.0692. The molecule has 0 spiro atoms. The molecule has 0 atom stereocenters. The second kappa shape index (κ2) is 6.84. The fourth-order valence-corrected chi connectivity index (χ4v) is 3.17. The van der Waals surface area contributed by atoms with Crippen LogP contribution in [0.3, 0.4) is 0 Å². The summed E-state index contributed by atoms with van der Waals surface area (Å²) in [5.74, 6) is -0.0692. The zero-order valence-electron chi connectivity index (χ0n) is 13.1. The van der Waals surface area contributed by atoms with Crippen molar-refractivity contribution < 1.29 is 9.90 Å². The third-order valence-electron chi connectivity index (χ3n) is 4.51. The van der Waals surface area contributed by atoms with Crippen LogP contribution in [0.5, 0.6) is 0 Å². The van der Waals surface area contributed by atoms with E-state index in [1.165, 1.54) is 0 Å². The monoisotopic (exact) mass is 311 g/mol. The number of aliphatic hydroxyl groups is 1. The average molecular weight is 311 g/mol. The number of benzene rings is 1. The van der Waals surface area contributed by atoms with Crippen molar-refractivity contribution in [1.82, 2.24) is 0 Å². The second-order valence-electron chi connectivity index (χ2n) is 6.14. The Kier molecular flexibility index (Phi) is 4.63. The van der Waals surface area contributed by atoms with Gasteiger partial charge in [-0.2, -0.15) is 5.26 Å². The molecular weight excluding hydrogens is 290 g/mol. The fourth-order valence-electron chi connectivity index (χ4n) is 3.17. The molecule has 1 aliphatic carbocycles. The topological polar surface area (TPSA) is 76.4 Å². The van der Waals surface area contributed by atoms with Gasteiger partial charge in [-0.25, -0.2) is 0 Å². The van der Waals surface area contributed by atoms with Gasteiger partial charge in [0, 0.05) is 24.4 Å². The molecule has 1 amide bonds. The van der Waals surface area contributed by atoms with Gasteiger partial charge in [0.1, 0.15) is 6.07 Å². The molecule has 1 saturated heterocycles. The van der Waals surface area contributed by atoms with E-state index >= 15 is 0 Å². The number of hydrogen-bond donors (Lipinski definition) is 2. The number of piperidine rings is 1. The van der Waals surface area contributed by atoms with Gasteiger partial charge in [0.15, 0.2) is 0 Å². The number of carbonyl (C=O) groups excluding carboxylic acids is 1. The molecule has 1 aromatic rings. The van der Waals surface area contributed by atoms with E-state index in [9.17, 15) is 15.2 Å². The van der Waals surface area contributed by atoms with Crippen LogP contribution >= 0.6 is 0 Å².